The zero-order valence-corrected chi connectivity index (χ0v) is 16.6. The number of hydrogen-bond donors (Lipinski definition) is 0. The fourth-order valence-corrected chi connectivity index (χ4v) is 3.84. The average molecular weight is 455 g/mol. The van der Waals surface area contributed by atoms with Gasteiger partial charge in [0.2, 0.25) is 0 Å². The summed E-state index contributed by atoms with van der Waals surface area (Å²) in [7, 11) is 0. The zero-order valence-electron chi connectivity index (χ0n) is 14.4. The number of halogens is 1. The van der Waals surface area contributed by atoms with Gasteiger partial charge in [0.25, 0.3) is 0 Å². The first-order chi connectivity index (χ1) is 12.5. The fourth-order valence-electron chi connectivity index (χ4n) is 3.20. The van der Waals surface area contributed by atoms with Crippen LogP contribution in [0.25, 0.3) is 28.0 Å². The Hall–Kier alpha value is -2.73. The van der Waals surface area contributed by atoms with Crippen LogP contribution in [0.15, 0.2) is 35.1 Å². The summed E-state index contributed by atoms with van der Waals surface area (Å²) < 4.78 is 8.30. The van der Waals surface area contributed by atoms with Crippen LogP contribution in [0.4, 0.5) is 0 Å². The Morgan fingerprint density at radius 2 is 2.04 bits per heavy atom. The van der Waals surface area contributed by atoms with Crippen LogP contribution >= 0.6 is 22.6 Å². The number of fused-ring (bicyclic) bond motifs is 1. The summed E-state index contributed by atoms with van der Waals surface area (Å²) in [6.07, 6.45) is 3.50. The first kappa shape index (κ1) is 16.7. The quantitative estimate of drug-likeness (QED) is 0.417. The lowest BCUT2D eigenvalue weighted by Gasteiger charge is -2.08. The third-order valence-electron chi connectivity index (χ3n) is 4.41. The highest BCUT2D eigenvalue weighted by Gasteiger charge is 2.20. The van der Waals surface area contributed by atoms with E-state index >= 15 is 0 Å². The summed E-state index contributed by atoms with van der Waals surface area (Å²) >= 11 is 2.32. The number of hydrogen-bond acceptors (Lipinski definition) is 5. The van der Waals surface area contributed by atoms with Gasteiger partial charge in [0, 0.05) is 38.2 Å². The molecule has 6 nitrogen and oxygen atoms in total. The molecule has 0 unspecified atom stereocenters. The molecule has 0 amide bonds. The molecule has 128 valence electrons. The predicted molar refractivity (Wildman–Crippen MR) is 106 cm³/mol. The van der Waals surface area contributed by atoms with Crippen LogP contribution in [0.5, 0.6) is 0 Å². The van der Waals surface area contributed by atoms with Crippen LogP contribution in [-0.4, -0.2) is 19.7 Å². The van der Waals surface area contributed by atoms with E-state index < -0.39 is 0 Å². The van der Waals surface area contributed by atoms with Gasteiger partial charge in [-0.1, -0.05) is 5.16 Å². The zero-order chi connectivity index (χ0) is 18.4. The lowest BCUT2D eigenvalue weighted by Crippen LogP contribution is -2.03. The third kappa shape index (κ3) is 2.41. The average Bonchev–Trinajstić information content (AvgIpc) is 3.11. The molecule has 0 N–H and O–H groups in total. The lowest BCUT2D eigenvalue weighted by molar-refractivity contribution is 0.393. The van der Waals surface area contributed by atoms with E-state index in [0.717, 1.165) is 42.9 Å². The van der Waals surface area contributed by atoms with Crippen LogP contribution in [0.1, 0.15) is 22.7 Å². The van der Waals surface area contributed by atoms with Gasteiger partial charge in [0.15, 0.2) is 5.82 Å². The maximum absolute atomic E-state index is 9.44. The maximum atomic E-state index is 9.44. The highest BCUT2D eigenvalue weighted by molar-refractivity contribution is 14.1. The molecular formula is C19H14IN5O. The second-order valence-electron chi connectivity index (χ2n) is 6.02. The Labute approximate surface area is 163 Å². The van der Waals surface area contributed by atoms with Gasteiger partial charge in [0.1, 0.15) is 17.5 Å². The smallest absolute Gasteiger partial charge is 0.156 e. The molecule has 0 spiro atoms. The molecule has 0 fully saturated rings. The first-order valence-corrected chi connectivity index (χ1v) is 9.06. The van der Waals surface area contributed by atoms with Gasteiger partial charge in [-0.3, -0.25) is 4.57 Å². The topological polar surface area (TPSA) is 80.5 Å². The summed E-state index contributed by atoms with van der Waals surface area (Å²) in [4.78, 5) is 9.11. The normalized spacial score (nSPS) is 11.0. The van der Waals surface area contributed by atoms with Gasteiger partial charge in [-0.2, -0.15) is 5.26 Å². The number of rotatable bonds is 2. The van der Waals surface area contributed by atoms with Crippen LogP contribution < -0.4 is 0 Å². The van der Waals surface area contributed by atoms with E-state index in [9.17, 15) is 5.26 Å². The van der Waals surface area contributed by atoms with Gasteiger partial charge in [-0.15, -0.1) is 0 Å². The summed E-state index contributed by atoms with van der Waals surface area (Å²) in [5.41, 5.74) is 5.06. The first-order valence-electron chi connectivity index (χ1n) is 7.98. The molecule has 0 radical (unpaired) electrons. The van der Waals surface area contributed by atoms with E-state index in [1.165, 1.54) is 0 Å². The van der Waals surface area contributed by atoms with Crippen molar-refractivity contribution >= 4 is 33.6 Å². The van der Waals surface area contributed by atoms with E-state index in [4.69, 9.17) is 9.51 Å². The minimum absolute atomic E-state index is 0.514. The largest absolute Gasteiger partial charge is 0.361 e. The highest BCUT2D eigenvalue weighted by atomic mass is 127. The lowest BCUT2D eigenvalue weighted by atomic mass is 10.1. The van der Waals surface area contributed by atoms with Crippen molar-refractivity contribution < 1.29 is 4.52 Å². The van der Waals surface area contributed by atoms with Gasteiger partial charge in [-0.05, 0) is 61.6 Å². The molecule has 26 heavy (non-hydrogen) atoms. The number of aromatic nitrogens is 4. The summed E-state index contributed by atoms with van der Waals surface area (Å²) in [5.74, 6) is 1.37. The Kier molecular flexibility index (Phi) is 4.00. The van der Waals surface area contributed by atoms with Gasteiger partial charge in [-0.25, -0.2) is 9.97 Å². The van der Waals surface area contributed by atoms with Crippen molar-refractivity contribution in [2.45, 2.75) is 20.8 Å². The number of nitriles is 1. The van der Waals surface area contributed by atoms with Crippen molar-refractivity contribution in [3.8, 4) is 23.0 Å². The summed E-state index contributed by atoms with van der Waals surface area (Å²) in [6, 6.07) is 7.83. The standard InChI is InChI=1S/C19H14IN5O/c1-10-16(12(3)26-24-10)14-7-15-17(20)11(2)25(19(15)23-9-14)18-13(8-21)5-4-6-22-18/h4-7,9H,1-3H3. The van der Waals surface area contributed by atoms with Crippen LogP contribution in [0.2, 0.25) is 0 Å². The third-order valence-corrected chi connectivity index (χ3v) is 5.77. The van der Waals surface area contributed by atoms with Gasteiger partial charge < -0.3 is 4.52 Å². The SMILES string of the molecule is Cc1noc(C)c1-c1cnc2c(c1)c(I)c(C)n2-c1ncccc1C#N. The monoisotopic (exact) mass is 455 g/mol. The maximum Gasteiger partial charge on any atom is 0.156 e. The number of aryl methyl sites for hydroxylation is 2. The summed E-state index contributed by atoms with van der Waals surface area (Å²) in [5, 5.41) is 14.5. The van der Waals surface area contributed by atoms with Gasteiger partial charge in [0.05, 0.1) is 11.3 Å². The summed E-state index contributed by atoms with van der Waals surface area (Å²) in [6.45, 7) is 5.83. The second kappa shape index (κ2) is 6.21. The Morgan fingerprint density at radius 3 is 2.73 bits per heavy atom. The molecule has 0 saturated heterocycles. The number of nitrogens with zero attached hydrogens (tertiary/aromatic N) is 5. The molecule has 4 aromatic heterocycles. The molecule has 0 aliphatic carbocycles. The molecule has 4 heterocycles. The van der Waals surface area contributed by atoms with E-state index in [-0.39, 0.29) is 0 Å². The highest BCUT2D eigenvalue weighted by Crippen LogP contribution is 2.34. The van der Waals surface area contributed by atoms with E-state index in [0.29, 0.717) is 11.4 Å². The van der Waals surface area contributed by atoms with Crippen molar-refractivity contribution in [2.24, 2.45) is 0 Å². The Bertz CT molecular complexity index is 1180. The minimum atomic E-state index is 0.514. The molecule has 4 aromatic rings. The Balaban J connectivity index is 2.01. The van der Waals surface area contributed by atoms with Crippen LogP contribution in [0, 0.1) is 35.7 Å². The molecule has 0 saturated carbocycles. The minimum Gasteiger partial charge on any atom is -0.361 e. The fraction of sp³-hybridized carbons (Fsp3) is 0.158. The van der Waals surface area contributed by atoms with Crippen LogP contribution in [0.3, 0.4) is 0 Å². The molecule has 0 atom stereocenters. The van der Waals surface area contributed by atoms with Crippen molar-refractivity contribution in [3.05, 3.63) is 56.9 Å². The molecule has 0 aromatic carbocycles. The van der Waals surface area contributed by atoms with Crippen molar-refractivity contribution in [2.75, 3.05) is 0 Å². The number of pyridine rings is 2. The van der Waals surface area contributed by atoms with E-state index in [2.05, 4.69) is 44.9 Å². The second-order valence-corrected chi connectivity index (χ2v) is 7.09. The van der Waals surface area contributed by atoms with E-state index in [1.54, 1.807) is 18.3 Å². The molecular weight excluding hydrogens is 441 g/mol. The van der Waals surface area contributed by atoms with Crippen molar-refractivity contribution in [1.82, 2.24) is 19.7 Å². The predicted octanol–water partition coefficient (Wildman–Crippen LogP) is 4.48. The molecule has 0 bridgehead atoms. The van der Waals surface area contributed by atoms with Crippen molar-refractivity contribution in [1.29, 1.82) is 5.26 Å². The van der Waals surface area contributed by atoms with E-state index in [1.807, 2.05) is 31.5 Å². The van der Waals surface area contributed by atoms with Gasteiger partial charge >= 0.3 is 0 Å². The molecule has 0 aliphatic rings. The Morgan fingerprint density at radius 1 is 1.23 bits per heavy atom. The van der Waals surface area contributed by atoms with Crippen LogP contribution in [-0.2, 0) is 0 Å². The molecule has 7 heteroatoms. The van der Waals surface area contributed by atoms with Crippen molar-refractivity contribution in [3.63, 3.8) is 0 Å². The molecule has 0 aliphatic heterocycles. The molecule has 4 rings (SSSR count).